The van der Waals surface area contributed by atoms with E-state index < -0.39 is 17.7 Å². The predicted octanol–water partition coefficient (Wildman–Crippen LogP) is 3.19. The normalized spacial score (nSPS) is 28.1. The van der Waals surface area contributed by atoms with E-state index in [1.165, 1.54) is 30.2 Å². The molecule has 2 aliphatic rings. The Morgan fingerprint density at radius 1 is 1.31 bits per heavy atom. The Balaban J connectivity index is 1.65. The fourth-order valence-electron chi connectivity index (χ4n) is 5.02. The highest BCUT2D eigenvalue weighted by Gasteiger charge is 2.42. The molecule has 0 aliphatic heterocycles. The van der Waals surface area contributed by atoms with Crippen LogP contribution < -0.4 is 5.32 Å². The zero-order valence-electron chi connectivity index (χ0n) is 17.2. The summed E-state index contributed by atoms with van der Waals surface area (Å²) >= 11 is 6.29. The molecule has 4 N–H and O–H groups in total. The summed E-state index contributed by atoms with van der Waals surface area (Å²) in [6.07, 6.45) is 4.04. The maximum atomic E-state index is 10.9. The largest absolute Gasteiger partial charge is 0.396 e. The lowest BCUT2D eigenvalue weighted by Gasteiger charge is -2.39. The zero-order valence-corrected chi connectivity index (χ0v) is 18.0. The number of hydrogen-bond acceptors (Lipinski definition) is 6. The van der Waals surface area contributed by atoms with E-state index in [0.29, 0.717) is 34.0 Å². The average Bonchev–Trinajstić information content (AvgIpc) is 3.41. The molecule has 2 aromatic rings. The summed E-state index contributed by atoms with van der Waals surface area (Å²) in [6, 6.07) is 2.03. The fourth-order valence-corrected chi connectivity index (χ4v) is 5.21. The van der Waals surface area contributed by atoms with Crippen LogP contribution in [0.15, 0.2) is 12.4 Å². The van der Waals surface area contributed by atoms with E-state index in [4.69, 9.17) is 11.6 Å². The number of nitrogens with one attached hydrogen (secondary N) is 1. The Morgan fingerprint density at radius 3 is 2.66 bits per heavy atom. The summed E-state index contributed by atoms with van der Waals surface area (Å²) in [4.78, 5) is 8.92. The number of nitrogens with zero attached hydrogens (tertiary/aromatic N) is 3. The predicted molar refractivity (Wildman–Crippen MR) is 113 cm³/mol. The number of aliphatic hydroxyl groups excluding tert-OH is 3. The topological polar surface area (TPSA) is 103 Å². The lowest BCUT2D eigenvalue weighted by atomic mass is 9.74. The summed E-state index contributed by atoms with van der Waals surface area (Å²) < 4.78 is 1.51. The van der Waals surface area contributed by atoms with Gasteiger partial charge < -0.3 is 25.2 Å². The third kappa shape index (κ3) is 3.52. The lowest BCUT2D eigenvalue weighted by Crippen LogP contribution is -2.45. The van der Waals surface area contributed by atoms with Crippen molar-refractivity contribution in [1.82, 2.24) is 14.5 Å². The first-order valence-corrected chi connectivity index (χ1v) is 10.9. The maximum absolute atomic E-state index is 10.9. The van der Waals surface area contributed by atoms with Crippen LogP contribution >= 0.6 is 11.6 Å². The van der Waals surface area contributed by atoms with Crippen LogP contribution in [-0.2, 0) is 0 Å². The summed E-state index contributed by atoms with van der Waals surface area (Å²) in [6.45, 7) is 5.35. The quantitative estimate of drug-likeness (QED) is 0.511. The first-order chi connectivity index (χ1) is 13.7. The number of imidazole rings is 1. The van der Waals surface area contributed by atoms with Crippen LogP contribution in [0, 0.1) is 23.2 Å². The fraction of sp³-hybridized carbons (Fsp3) is 0.714. The summed E-state index contributed by atoms with van der Waals surface area (Å²) in [5.74, 6) is 2.06. The Labute approximate surface area is 176 Å². The van der Waals surface area contributed by atoms with Crippen LogP contribution in [0.3, 0.4) is 0 Å². The summed E-state index contributed by atoms with van der Waals surface area (Å²) in [5, 5.41) is 35.5. The van der Waals surface area contributed by atoms with Crippen LogP contribution in [0.2, 0.25) is 5.15 Å². The zero-order chi connectivity index (χ0) is 20.9. The van der Waals surface area contributed by atoms with Gasteiger partial charge in [0.15, 0.2) is 12.0 Å². The Hall–Kier alpha value is -1.41. The van der Waals surface area contributed by atoms with Crippen molar-refractivity contribution >= 4 is 28.5 Å². The highest BCUT2D eigenvalue weighted by molar-refractivity contribution is 6.30. The second kappa shape index (κ2) is 7.69. The van der Waals surface area contributed by atoms with E-state index in [2.05, 4.69) is 15.3 Å². The number of rotatable bonds is 7. The first kappa shape index (κ1) is 20.8. The van der Waals surface area contributed by atoms with Gasteiger partial charge in [-0.05, 0) is 37.0 Å². The van der Waals surface area contributed by atoms with E-state index in [1.807, 2.05) is 13.8 Å². The van der Waals surface area contributed by atoms with Crippen molar-refractivity contribution in [3.05, 3.63) is 17.5 Å². The van der Waals surface area contributed by atoms with Gasteiger partial charge in [-0.3, -0.25) is 0 Å². The lowest BCUT2D eigenvalue weighted by molar-refractivity contribution is -0.125. The minimum atomic E-state index is -1.27. The monoisotopic (exact) mass is 422 g/mol. The number of fused-ring (bicyclic) bond motifs is 3. The van der Waals surface area contributed by atoms with Crippen LogP contribution in [-0.4, -0.2) is 48.6 Å². The molecule has 0 spiro atoms. The van der Waals surface area contributed by atoms with E-state index >= 15 is 0 Å². The smallest absolute Gasteiger partial charge is 0.158 e. The molecule has 8 heteroatoms. The molecular weight excluding hydrogens is 392 g/mol. The van der Waals surface area contributed by atoms with Gasteiger partial charge in [-0.1, -0.05) is 38.8 Å². The Bertz CT molecular complexity index is 888. The molecule has 160 valence electrons. The number of anilines is 1. The van der Waals surface area contributed by atoms with Crippen molar-refractivity contribution in [2.45, 2.75) is 64.8 Å². The second-order valence-corrected chi connectivity index (χ2v) is 9.80. The molecule has 0 radical (unpaired) electrons. The molecule has 0 aromatic carbocycles. The van der Waals surface area contributed by atoms with Gasteiger partial charge in [-0.25, -0.2) is 9.97 Å². The summed E-state index contributed by atoms with van der Waals surface area (Å²) in [7, 11) is 0. The van der Waals surface area contributed by atoms with Crippen molar-refractivity contribution in [3.63, 3.8) is 0 Å². The van der Waals surface area contributed by atoms with Gasteiger partial charge in [0.05, 0.1) is 18.5 Å². The molecule has 2 bridgehead atoms. The molecule has 2 heterocycles. The molecule has 29 heavy (non-hydrogen) atoms. The Morgan fingerprint density at radius 2 is 2.07 bits per heavy atom. The summed E-state index contributed by atoms with van der Waals surface area (Å²) in [5.41, 5.74) is 0.363. The third-order valence-corrected chi connectivity index (χ3v) is 7.69. The van der Waals surface area contributed by atoms with Crippen molar-refractivity contribution in [2.75, 3.05) is 11.9 Å². The van der Waals surface area contributed by atoms with Gasteiger partial charge in [-0.2, -0.15) is 0 Å². The van der Waals surface area contributed by atoms with Gasteiger partial charge in [0, 0.05) is 17.5 Å². The molecule has 0 saturated heterocycles. The molecule has 0 amide bonds. The van der Waals surface area contributed by atoms with Crippen molar-refractivity contribution in [3.8, 4) is 0 Å². The standard InChI is InChI=1S/C21H31ClN4O3/c1-11(2)21(3,9-27)18(28)20(29)26-10-23-17-15(26)8-16(22)25-19(17)24-14-7-12-4-5-13(14)6-12/h8,10-14,18,20,27-29H,4-7,9H2,1-3H3,(H,24,25)/t12?,13?,14?,18?,20-,21?/m1/s1. The first-order valence-electron chi connectivity index (χ1n) is 10.5. The number of aliphatic hydroxyl groups is 3. The molecule has 4 rings (SSSR count). The molecule has 2 saturated carbocycles. The minimum absolute atomic E-state index is 0.0350. The Kier molecular flexibility index (Phi) is 5.53. The van der Waals surface area contributed by atoms with Crippen LogP contribution in [0.1, 0.15) is 52.7 Å². The van der Waals surface area contributed by atoms with Gasteiger partial charge in [-0.15, -0.1) is 0 Å². The van der Waals surface area contributed by atoms with E-state index in [-0.39, 0.29) is 12.5 Å². The van der Waals surface area contributed by atoms with E-state index in [9.17, 15) is 15.3 Å². The van der Waals surface area contributed by atoms with Gasteiger partial charge >= 0.3 is 0 Å². The molecule has 2 aromatic heterocycles. The molecule has 5 unspecified atom stereocenters. The van der Waals surface area contributed by atoms with Crippen molar-refractivity contribution in [2.24, 2.45) is 23.2 Å². The van der Waals surface area contributed by atoms with Crippen LogP contribution in [0.4, 0.5) is 5.82 Å². The van der Waals surface area contributed by atoms with Crippen LogP contribution in [0.25, 0.3) is 11.0 Å². The molecule has 7 nitrogen and oxygen atoms in total. The molecule has 6 atom stereocenters. The highest BCUT2D eigenvalue weighted by atomic mass is 35.5. The van der Waals surface area contributed by atoms with Crippen molar-refractivity contribution < 1.29 is 15.3 Å². The number of aromatic nitrogens is 3. The molecule has 2 aliphatic carbocycles. The molecule has 2 fully saturated rings. The second-order valence-electron chi connectivity index (χ2n) is 9.42. The molecular formula is C21H31ClN4O3. The van der Waals surface area contributed by atoms with Crippen LogP contribution in [0.5, 0.6) is 0 Å². The third-order valence-electron chi connectivity index (χ3n) is 7.49. The minimum Gasteiger partial charge on any atom is -0.396 e. The van der Waals surface area contributed by atoms with Gasteiger partial charge in [0.1, 0.15) is 16.8 Å². The maximum Gasteiger partial charge on any atom is 0.158 e. The van der Waals surface area contributed by atoms with E-state index in [0.717, 1.165) is 12.3 Å². The van der Waals surface area contributed by atoms with Gasteiger partial charge in [0.25, 0.3) is 0 Å². The number of hydrogen-bond donors (Lipinski definition) is 4. The average molecular weight is 423 g/mol. The number of halogens is 1. The van der Waals surface area contributed by atoms with Crippen molar-refractivity contribution in [1.29, 1.82) is 0 Å². The number of pyridine rings is 1. The SMILES string of the molecule is CC(C)C(C)(CO)C(O)[C@@H](O)n1cnc2c(NC3CC4CCC3C4)nc(Cl)cc21. The highest BCUT2D eigenvalue weighted by Crippen LogP contribution is 2.46. The van der Waals surface area contributed by atoms with Gasteiger partial charge in [0.2, 0.25) is 0 Å². The van der Waals surface area contributed by atoms with E-state index in [1.54, 1.807) is 13.0 Å².